The summed E-state index contributed by atoms with van der Waals surface area (Å²) in [5, 5.41) is 2.26. The number of rotatable bonds is 4. The SMILES string of the molecule is C1CCC(PC2CCCCC2)CC1.CC(C)(C)P(c1ccccc1)C(C)(C)C.c1ccc(-c2ccccc2)cc1. The maximum Gasteiger partial charge on any atom is -0.0134 e. The van der Waals surface area contributed by atoms with E-state index >= 15 is 0 Å². The van der Waals surface area contributed by atoms with Gasteiger partial charge in [0.15, 0.2) is 0 Å². The van der Waals surface area contributed by atoms with Crippen molar-refractivity contribution in [2.75, 3.05) is 0 Å². The van der Waals surface area contributed by atoms with Crippen LogP contribution in [0.5, 0.6) is 0 Å². The van der Waals surface area contributed by atoms with Crippen LogP contribution in [0.25, 0.3) is 11.1 Å². The highest BCUT2D eigenvalue weighted by molar-refractivity contribution is 7.68. The fraction of sp³-hybridized carbons (Fsp3) is 0.526. The molecular formula is C38H56P2. The van der Waals surface area contributed by atoms with Crippen molar-refractivity contribution in [3.8, 4) is 11.1 Å². The highest BCUT2D eigenvalue weighted by Crippen LogP contribution is 2.58. The molecule has 0 unspecified atom stereocenters. The highest BCUT2D eigenvalue weighted by Gasteiger charge is 2.35. The normalized spacial score (nSPS) is 16.9. The molecule has 0 aliphatic heterocycles. The van der Waals surface area contributed by atoms with Crippen LogP contribution in [0.15, 0.2) is 91.0 Å². The van der Waals surface area contributed by atoms with Crippen LogP contribution in [0.4, 0.5) is 0 Å². The molecule has 0 bridgehead atoms. The lowest BCUT2D eigenvalue weighted by atomic mass is 10.00. The van der Waals surface area contributed by atoms with Gasteiger partial charge in [-0.2, -0.15) is 0 Å². The van der Waals surface area contributed by atoms with Gasteiger partial charge in [-0.25, -0.2) is 0 Å². The van der Waals surface area contributed by atoms with Crippen molar-refractivity contribution >= 4 is 21.8 Å². The summed E-state index contributed by atoms with van der Waals surface area (Å²) in [6.07, 6.45) is 15.4. The third-order valence-corrected chi connectivity index (χ3v) is 13.5. The Bertz CT molecular complexity index is 968. The van der Waals surface area contributed by atoms with Crippen LogP contribution < -0.4 is 5.30 Å². The molecule has 0 radical (unpaired) electrons. The minimum atomic E-state index is -0.138. The molecule has 2 fully saturated rings. The van der Waals surface area contributed by atoms with Crippen LogP contribution >= 0.6 is 16.5 Å². The van der Waals surface area contributed by atoms with Crippen LogP contribution in [-0.2, 0) is 0 Å². The highest BCUT2D eigenvalue weighted by atomic mass is 31.1. The Balaban J connectivity index is 0.000000166. The Morgan fingerprint density at radius 3 is 1.12 bits per heavy atom. The zero-order valence-electron chi connectivity index (χ0n) is 26.3. The van der Waals surface area contributed by atoms with E-state index in [9.17, 15) is 0 Å². The minimum Gasteiger partial charge on any atom is -0.116 e. The quantitative estimate of drug-likeness (QED) is 0.272. The molecule has 0 N–H and O–H groups in total. The zero-order chi connectivity index (χ0) is 28.8. The van der Waals surface area contributed by atoms with Gasteiger partial charge in [-0.05, 0) is 63.7 Å². The molecule has 2 heteroatoms. The van der Waals surface area contributed by atoms with Gasteiger partial charge in [-0.15, -0.1) is 8.58 Å². The third-order valence-electron chi connectivity index (χ3n) is 7.92. The first-order valence-electron chi connectivity index (χ1n) is 15.9. The van der Waals surface area contributed by atoms with E-state index in [1.807, 2.05) is 12.1 Å². The van der Waals surface area contributed by atoms with E-state index in [4.69, 9.17) is 0 Å². The van der Waals surface area contributed by atoms with Gasteiger partial charge < -0.3 is 0 Å². The lowest BCUT2D eigenvalue weighted by Crippen LogP contribution is -2.30. The van der Waals surface area contributed by atoms with E-state index < -0.39 is 0 Å². The molecular weight excluding hydrogens is 518 g/mol. The Morgan fingerprint density at radius 2 is 0.800 bits per heavy atom. The summed E-state index contributed by atoms with van der Waals surface area (Å²) in [5.41, 5.74) is 4.85. The zero-order valence-corrected chi connectivity index (χ0v) is 28.2. The fourth-order valence-electron chi connectivity index (χ4n) is 6.49. The molecule has 218 valence electrons. The predicted molar refractivity (Wildman–Crippen MR) is 186 cm³/mol. The molecule has 40 heavy (non-hydrogen) atoms. The topological polar surface area (TPSA) is 0 Å². The van der Waals surface area contributed by atoms with Crippen LogP contribution in [0, 0.1) is 0 Å². The van der Waals surface area contributed by atoms with E-state index in [-0.39, 0.29) is 7.92 Å². The molecule has 0 atom stereocenters. The summed E-state index contributed by atoms with van der Waals surface area (Å²) < 4.78 is 0. The Hall–Kier alpha value is -1.48. The lowest BCUT2D eigenvalue weighted by molar-refractivity contribution is 0.490. The van der Waals surface area contributed by atoms with Crippen molar-refractivity contribution < 1.29 is 0 Å². The molecule has 0 saturated heterocycles. The number of benzene rings is 3. The van der Waals surface area contributed by atoms with Crippen LogP contribution in [0.1, 0.15) is 106 Å². The molecule has 0 spiro atoms. The van der Waals surface area contributed by atoms with E-state index in [1.54, 1.807) is 25.7 Å². The average molecular weight is 575 g/mol. The molecule has 0 heterocycles. The second kappa shape index (κ2) is 16.8. The largest absolute Gasteiger partial charge is 0.116 e. The van der Waals surface area contributed by atoms with Crippen LogP contribution in [-0.4, -0.2) is 21.6 Å². The summed E-state index contributed by atoms with van der Waals surface area (Å²) >= 11 is 0. The van der Waals surface area contributed by atoms with Gasteiger partial charge in [0.2, 0.25) is 0 Å². The van der Waals surface area contributed by atoms with Gasteiger partial charge in [-0.3, -0.25) is 0 Å². The number of hydrogen-bond donors (Lipinski definition) is 0. The molecule has 5 rings (SSSR count). The van der Waals surface area contributed by atoms with Gasteiger partial charge in [-0.1, -0.05) is 179 Å². The summed E-state index contributed by atoms with van der Waals surface area (Å²) in [4.78, 5) is 0. The van der Waals surface area contributed by atoms with Gasteiger partial charge >= 0.3 is 0 Å². The van der Waals surface area contributed by atoms with E-state index in [1.165, 1.54) is 63.5 Å². The standard InChI is InChI=1S/C14H23P.C12H23P.C12H10/c1-13(2,3)15(14(4,5)6)12-10-8-7-9-11-12;1-3-7-11(8-4-1)13-12-9-5-2-6-10-12;1-3-7-11(8-4-1)12-9-5-2-6-10-12/h7-11H,1-6H3;11-13H,1-10H2;1-10H. The van der Waals surface area contributed by atoms with Crippen molar-refractivity contribution in [2.24, 2.45) is 0 Å². The molecule has 2 aliphatic carbocycles. The summed E-state index contributed by atoms with van der Waals surface area (Å²) in [5.74, 6) is 0. The van der Waals surface area contributed by atoms with Gasteiger partial charge in [0, 0.05) is 0 Å². The first-order valence-corrected chi connectivity index (χ1v) is 18.4. The van der Waals surface area contributed by atoms with E-state index in [0.717, 1.165) is 11.3 Å². The molecule has 3 aromatic carbocycles. The van der Waals surface area contributed by atoms with E-state index in [2.05, 4.69) is 120 Å². The first kappa shape index (κ1) is 33.0. The monoisotopic (exact) mass is 574 g/mol. The summed E-state index contributed by atoms with van der Waals surface area (Å²) in [6.45, 7) is 14.1. The fourth-order valence-corrected chi connectivity index (χ4v) is 12.7. The molecule has 0 nitrogen and oxygen atoms in total. The third kappa shape index (κ3) is 11.8. The lowest BCUT2D eigenvalue weighted by Gasteiger charge is -2.41. The maximum atomic E-state index is 2.36. The van der Waals surface area contributed by atoms with Crippen molar-refractivity contribution in [3.63, 3.8) is 0 Å². The van der Waals surface area contributed by atoms with E-state index in [0.29, 0.717) is 10.3 Å². The van der Waals surface area contributed by atoms with Crippen molar-refractivity contribution in [1.82, 2.24) is 0 Å². The van der Waals surface area contributed by atoms with Crippen molar-refractivity contribution in [1.29, 1.82) is 0 Å². The molecule has 0 amide bonds. The van der Waals surface area contributed by atoms with Gasteiger partial charge in [0.25, 0.3) is 0 Å². The van der Waals surface area contributed by atoms with Crippen molar-refractivity contribution in [3.05, 3.63) is 91.0 Å². The Morgan fingerprint density at radius 1 is 0.475 bits per heavy atom. The van der Waals surface area contributed by atoms with Crippen molar-refractivity contribution in [2.45, 2.75) is 127 Å². The average Bonchev–Trinajstić information content (AvgIpc) is 2.95. The van der Waals surface area contributed by atoms with Crippen LogP contribution in [0.3, 0.4) is 0 Å². The minimum absolute atomic E-state index is 0.138. The summed E-state index contributed by atoms with van der Waals surface area (Å²) in [7, 11) is 1.19. The van der Waals surface area contributed by atoms with Gasteiger partial charge in [0.05, 0.1) is 0 Å². The van der Waals surface area contributed by atoms with Gasteiger partial charge in [0.1, 0.15) is 0 Å². The molecule has 3 aromatic rings. The number of hydrogen-bond acceptors (Lipinski definition) is 0. The smallest absolute Gasteiger partial charge is 0.0134 e. The Kier molecular flexibility index (Phi) is 13.9. The van der Waals surface area contributed by atoms with Crippen LogP contribution in [0.2, 0.25) is 0 Å². The predicted octanol–water partition coefficient (Wildman–Crippen LogP) is 12.1. The summed E-state index contributed by atoms with van der Waals surface area (Å²) in [6, 6.07) is 31.8. The second-order valence-electron chi connectivity index (χ2n) is 13.6. The Labute approximate surface area is 250 Å². The molecule has 0 aromatic heterocycles. The second-order valence-corrected chi connectivity index (χ2v) is 19.4. The molecule has 2 aliphatic rings. The maximum absolute atomic E-state index is 2.36. The molecule has 2 saturated carbocycles. The first-order chi connectivity index (χ1) is 19.1.